The van der Waals surface area contributed by atoms with E-state index in [1.54, 1.807) is 0 Å². The lowest BCUT2D eigenvalue weighted by Crippen LogP contribution is -2.14. The van der Waals surface area contributed by atoms with Gasteiger partial charge in [-0.15, -0.1) is 0 Å². The Balaban J connectivity index is 3.38. The summed E-state index contributed by atoms with van der Waals surface area (Å²) in [6.45, 7) is 8.23. The second-order valence-corrected chi connectivity index (χ2v) is 3.30. The van der Waals surface area contributed by atoms with Gasteiger partial charge < -0.3 is 4.74 Å². The van der Waals surface area contributed by atoms with Crippen LogP contribution in [0.3, 0.4) is 0 Å². The Hall–Kier alpha value is -0.530. The molecule has 0 bridgehead atoms. The summed E-state index contributed by atoms with van der Waals surface area (Å²) in [5, 5.41) is 0. The summed E-state index contributed by atoms with van der Waals surface area (Å²) >= 11 is 0. The summed E-state index contributed by atoms with van der Waals surface area (Å²) in [4.78, 5) is 11.1. The van der Waals surface area contributed by atoms with E-state index in [9.17, 15) is 4.79 Å². The SMILES string of the molecule is [CH2]C(CCCCCC)C(=O)OCC. The molecular formula is C11H21O2. The molecule has 0 aromatic rings. The zero-order chi connectivity index (χ0) is 10.1. The maximum atomic E-state index is 11.1. The van der Waals surface area contributed by atoms with Gasteiger partial charge in [0.05, 0.1) is 12.5 Å². The van der Waals surface area contributed by atoms with Crippen LogP contribution in [0.1, 0.15) is 46.0 Å². The number of carbonyl (C=O) groups is 1. The highest BCUT2D eigenvalue weighted by Gasteiger charge is 2.12. The molecule has 0 N–H and O–H groups in total. The first-order chi connectivity index (χ1) is 6.22. The van der Waals surface area contributed by atoms with E-state index in [4.69, 9.17) is 4.74 Å². The first kappa shape index (κ1) is 12.5. The number of hydrogen-bond acceptors (Lipinski definition) is 2. The van der Waals surface area contributed by atoms with Gasteiger partial charge in [0.1, 0.15) is 0 Å². The highest BCUT2D eigenvalue weighted by molar-refractivity contribution is 5.72. The van der Waals surface area contributed by atoms with E-state index in [2.05, 4.69) is 13.8 Å². The third-order valence-electron chi connectivity index (χ3n) is 2.03. The fraction of sp³-hybridized carbons (Fsp3) is 0.818. The van der Waals surface area contributed by atoms with Crippen molar-refractivity contribution in [3.63, 3.8) is 0 Å². The maximum absolute atomic E-state index is 11.1. The highest BCUT2D eigenvalue weighted by Crippen LogP contribution is 2.11. The summed E-state index contributed by atoms with van der Waals surface area (Å²) in [6.07, 6.45) is 5.61. The molecule has 0 aromatic heterocycles. The average molecular weight is 185 g/mol. The molecule has 2 heteroatoms. The van der Waals surface area contributed by atoms with Gasteiger partial charge in [-0.25, -0.2) is 0 Å². The third kappa shape index (κ3) is 6.62. The van der Waals surface area contributed by atoms with Crippen molar-refractivity contribution in [2.45, 2.75) is 46.0 Å². The molecule has 13 heavy (non-hydrogen) atoms. The van der Waals surface area contributed by atoms with Crippen LogP contribution in [0.5, 0.6) is 0 Å². The molecule has 1 unspecified atom stereocenters. The van der Waals surface area contributed by atoms with Gasteiger partial charge in [0.2, 0.25) is 0 Å². The maximum Gasteiger partial charge on any atom is 0.308 e. The fourth-order valence-corrected chi connectivity index (χ4v) is 1.20. The molecule has 0 saturated carbocycles. The van der Waals surface area contributed by atoms with Crippen molar-refractivity contribution in [1.29, 1.82) is 0 Å². The standard InChI is InChI=1S/C11H21O2/c1-4-6-7-8-9-10(3)11(12)13-5-2/h10H,3-9H2,1-2H3. The average Bonchev–Trinajstić information content (AvgIpc) is 2.12. The Morgan fingerprint density at radius 2 is 2.00 bits per heavy atom. The molecular weight excluding hydrogens is 164 g/mol. The summed E-state index contributed by atoms with van der Waals surface area (Å²) in [5.41, 5.74) is 0. The van der Waals surface area contributed by atoms with Gasteiger partial charge in [-0.2, -0.15) is 0 Å². The molecule has 0 aliphatic heterocycles. The minimum atomic E-state index is -0.170. The topological polar surface area (TPSA) is 26.3 Å². The highest BCUT2D eigenvalue weighted by atomic mass is 16.5. The van der Waals surface area contributed by atoms with Crippen molar-refractivity contribution >= 4 is 5.97 Å². The molecule has 0 rings (SSSR count). The molecule has 2 nitrogen and oxygen atoms in total. The summed E-state index contributed by atoms with van der Waals surface area (Å²) < 4.78 is 4.86. The molecule has 0 fully saturated rings. The molecule has 0 spiro atoms. The lowest BCUT2D eigenvalue weighted by molar-refractivity contribution is -0.146. The van der Waals surface area contributed by atoms with Crippen molar-refractivity contribution in [3.8, 4) is 0 Å². The smallest absolute Gasteiger partial charge is 0.308 e. The Morgan fingerprint density at radius 1 is 1.31 bits per heavy atom. The molecule has 1 radical (unpaired) electrons. The van der Waals surface area contributed by atoms with Crippen LogP contribution >= 0.6 is 0 Å². The molecule has 0 aromatic carbocycles. The molecule has 0 aliphatic rings. The van der Waals surface area contributed by atoms with Gasteiger partial charge in [0.25, 0.3) is 0 Å². The van der Waals surface area contributed by atoms with Gasteiger partial charge in [0, 0.05) is 0 Å². The van der Waals surface area contributed by atoms with Gasteiger partial charge in [-0.3, -0.25) is 4.79 Å². The van der Waals surface area contributed by atoms with E-state index in [1.165, 1.54) is 19.3 Å². The van der Waals surface area contributed by atoms with Crippen molar-refractivity contribution < 1.29 is 9.53 Å². The van der Waals surface area contributed by atoms with Crippen LogP contribution in [0.2, 0.25) is 0 Å². The zero-order valence-corrected chi connectivity index (χ0v) is 8.84. The Kier molecular flexibility index (Phi) is 7.76. The number of carbonyl (C=O) groups excluding carboxylic acids is 1. The van der Waals surface area contributed by atoms with E-state index < -0.39 is 0 Å². The van der Waals surface area contributed by atoms with E-state index >= 15 is 0 Å². The Bertz CT molecular complexity index is 132. The minimum absolute atomic E-state index is 0.154. The van der Waals surface area contributed by atoms with Crippen molar-refractivity contribution in [2.24, 2.45) is 5.92 Å². The molecule has 0 aliphatic carbocycles. The lowest BCUT2D eigenvalue weighted by Gasteiger charge is -2.09. The molecule has 77 valence electrons. The van der Waals surface area contributed by atoms with E-state index in [0.29, 0.717) is 6.61 Å². The van der Waals surface area contributed by atoms with Crippen molar-refractivity contribution in [2.75, 3.05) is 6.61 Å². The van der Waals surface area contributed by atoms with E-state index in [1.807, 2.05) is 6.92 Å². The molecule has 1 atom stereocenters. The van der Waals surface area contributed by atoms with Crippen LogP contribution in [-0.4, -0.2) is 12.6 Å². The first-order valence-electron chi connectivity index (χ1n) is 5.22. The first-order valence-corrected chi connectivity index (χ1v) is 5.22. The van der Waals surface area contributed by atoms with Crippen LogP contribution in [0.15, 0.2) is 0 Å². The van der Waals surface area contributed by atoms with E-state index in [0.717, 1.165) is 12.8 Å². The number of unbranched alkanes of at least 4 members (excludes halogenated alkanes) is 3. The van der Waals surface area contributed by atoms with Crippen molar-refractivity contribution in [3.05, 3.63) is 6.92 Å². The summed E-state index contributed by atoms with van der Waals surface area (Å²) in [5.74, 6) is -0.323. The van der Waals surface area contributed by atoms with Gasteiger partial charge in [0.15, 0.2) is 0 Å². The number of hydrogen-bond donors (Lipinski definition) is 0. The number of esters is 1. The molecule has 0 heterocycles. The predicted molar refractivity (Wildman–Crippen MR) is 54.2 cm³/mol. The molecule has 0 saturated heterocycles. The van der Waals surface area contributed by atoms with Crippen LogP contribution in [0.4, 0.5) is 0 Å². The second-order valence-electron chi connectivity index (χ2n) is 3.30. The molecule has 0 amide bonds. The van der Waals surface area contributed by atoms with Gasteiger partial charge in [-0.1, -0.05) is 32.6 Å². The summed E-state index contributed by atoms with van der Waals surface area (Å²) in [7, 11) is 0. The van der Waals surface area contributed by atoms with Crippen LogP contribution < -0.4 is 0 Å². The van der Waals surface area contributed by atoms with E-state index in [-0.39, 0.29) is 11.9 Å². The monoisotopic (exact) mass is 185 g/mol. The third-order valence-corrected chi connectivity index (χ3v) is 2.03. The van der Waals surface area contributed by atoms with Crippen molar-refractivity contribution in [1.82, 2.24) is 0 Å². The zero-order valence-electron chi connectivity index (χ0n) is 8.84. The fourth-order valence-electron chi connectivity index (χ4n) is 1.20. The normalized spacial score (nSPS) is 12.5. The Labute approximate surface area is 81.7 Å². The number of ether oxygens (including phenoxy) is 1. The number of rotatable bonds is 7. The predicted octanol–water partition coefficient (Wildman–Crippen LogP) is 2.97. The van der Waals surface area contributed by atoms with Gasteiger partial charge in [-0.05, 0) is 20.3 Å². The quantitative estimate of drug-likeness (QED) is 0.450. The van der Waals surface area contributed by atoms with Crippen LogP contribution in [0.25, 0.3) is 0 Å². The van der Waals surface area contributed by atoms with Gasteiger partial charge >= 0.3 is 5.97 Å². The summed E-state index contributed by atoms with van der Waals surface area (Å²) in [6, 6.07) is 0. The lowest BCUT2D eigenvalue weighted by atomic mass is 10.0. The Morgan fingerprint density at radius 3 is 2.54 bits per heavy atom. The minimum Gasteiger partial charge on any atom is -0.466 e. The largest absolute Gasteiger partial charge is 0.466 e. The van der Waals surface area contributed by atoms with Crippen LogP contribution in [0, 0.1) is 12.8 Å². The van der Waals surface area contributed by atoms with Crippen LogP contribution in [-0.2, 0) is 9.53 Å². The second kappa shape index (κ2) is 8.09.